The van der Waals surface area contributed by atoms with Crippen LogP contribution in [0.15, 0.2) is 77.4 Å². The maximum absolute atomic E-state index is 13.8. The Morgan fingerprint density at radius 2 is 1.59 bits per heavy atom. The van der Waals surface area contributed by atoms with Gasteiger partial charge in [0.25, 0.3) is 5.91 Å². The fourth-order valence-corrected chi connectivity index (χ4v) is 5.20. The molecule has 0 radical (unpaired) electrons. The van der Waals surface area contributed by atoms with E-state index in [1.165, 1.54) is 24.8 Å². The van der Waals surface area contributed by atoms with Gasteiger partial charge in [0.1, 0.15) is 12.3 Å². The Morgan fingerprint density at radius 3 is 2.29 bits per heavy atom. The number of hydrogen-bond acceptors (Lipinski definition) is 5. The lowest BCUT2D eigenvalue weighted by molar-refractivity contribution is -0.133. The number of aryl methyl sites for hydroxylation is 1. The van der Waals surface area contributed by atoms with Gasteiger partial charge in [-0.15, -0.1) is 0 Å². The molecule has 0 atom stereocenters. The molecule has 2 amide bonds. The average Bonchev–Trinajstić information content (AvgIpc) is 3.53. The molecule has 0 spiro atoms. The largest absolute Gasteiger partial charge is 0.467 e. The number of amides is 2. The van der Waals surface area contributed by atoms with Crippen molar-refractivity contribution in [2.45, 2.75) is 58.5 Å². The highest BCUT2D eigenvalue weighted by molar-refractivity contribution is 5.96. The Hall–Kier alpha value is -3.42. The molecule has 0 N–H and O–H groups in total. The van der Waals surface area contributed by atoms with Gasteiger partial charge in [0, 0.05) is 38.3 Å². The second-order valence-electron chi connectivity index (χ2n) is 10.9. The number of unbranched alkanes of at least 4 members (excludes halogenated alkanes) is 3. The van der Waals surface area contributed by atoms with E-state index in [1.54, 1.807) is 16.1 Å². The highest BCUT2D eigenvalue weighted by Gasteiger charge is 2.24. The number of furan rings is 1. The van der Waals surface area contributed by atoms with Gasteiger partial charge in [0.05, 0.1) is 26.0 Å². The van der Waals surface area contributed by atoms with E-state index < -0.39 is 0 Å². The molecule has 0 unspecified atom stereocenters. The maximum atomic E-state index is 13.8. The van der Waals surface area contributed by atoms with E-state index in [2.05, 4.69) is 24.0 Å². The third-order valence-corrected chi connectivity index (χ3v) is 7.64. The summed E-state index contributed by atoms with van der Waals surface area (Å²) in [5.41, 5.74) is 2.91. The molecule has 4 rings (SSSR count). The number of carbonyl (C=O) groups is 2. The van der Waals surface area contributed by atoms with Crippen molar-refractivity contribution in [3.05, 3.63) is 95.4 Å². The summed E-state index contributed by atoms with van der Waals surface area (Å²) in [5.74, 6) is 0.516. The summed E-state index contributed by atoms with van der Waals surface area (Å²) in [5, 5.41) is 0. The molecule has 1 aliphatic rings. The molecule has 1 fully saturated rings. The molecule has 1 aliphatic heterocycles. The molecule has 220 valence electrons. The standard InChI is InChI=1S/C34H45N3O4/c1-2-3-4-6-11-29-15-17-31(18-16-29)34(39)36(20-10-19-35-21-24-40-25-22-35)28-33(38)37(27-32-14-9-23-41-32)26-30-12-7-5-8-13-30/h5,7-9,12-18,23H,2-4,6,10-11,19-22,24-28H2,1H3. The lowest BCUT2D eigenvalue weighted by atomic mass is 10.0. The Bertz CT molecular complexity index is 1160. The fourth-order valence-electron chi connectivity index (χ4n) is 5.20. The molecule has 3 aromatic rings. The molecule has 0 bridgehead atoms. The van der Waals surface area contributed by atoms with Crippen LogP contribution in [-0.4, -0.2) is 72.5 Å². The van der Waals surface area contributed by atoms with Gasteiger partial charge in [-0.3, -0.25) is 14.5 Å². The molecule has 7 nitrogen and oxygen atoms in total. The third-order valence-electron chi connectivity index (χ3n) is 7.64. The number of morpholine rings is 1. The smallest absolute Gasteiger partial charge is 0.254 e. The minimum atomic E-state index is -0.101. The van der Waals surface area contributed by atoms with Gasteiger partial charge in [-0.25, -0.2) is 0 Å². The summed E-state index contributed by atoms with van der Waals surface area (Å²) < 4.78 is 11.0. The molecular weight excluding hydrogens is 514 g/mol. The van der Waals surface area contributed by atoms with Crippen molar-refractivity contribution >= 4 is 11.8 Å². The quantitative estimate of drug-likeness (QED) is 0.208. The SMILES string of the molecule is CCCCCCc1ccc(C(=O)N(CCCN2CCOCC2)CC(=O)N(Cc2ccccc2)Cc2ccco2)cc1. The number of carbonyl (C=O) groups excluding carboxylic acids is 2. The number of hydrogen-bond donors (Lipinski definition) is 0. The van der Waals surface area contributed by atoms with Crippen LogP contribution in [0, 0.1) is 0 Å². The van der Waals surface area contributed by atoms with Gasteiger partial charge < -0.3 is 19.0 Å². The van der Waals surface area contributed by atoms with Gasteiger partial charge in [-0.05, 0) is 54.7 Å². The van der Waals surface area contributed by atoms with Crippen molar-refractivity contribution in [2.24, 2.45) is 0 Å². The number of benzene rings is 2. The first-order valence-corrected chi connectivity index (χ1v) is 15.1. The van der Waals surface area contributed by atoms with Crippen LogP contribution in [0.25, 0.3) is 0 Å². The monoisotopic (exact) mass is 559 g/mol. The lowest BCUT2D eigenvalue weighted by Gasteiger charge is -2.30. The fraction of sp³-hybridized carbons (Fsp3) is 0.471. The number of rotatable bonds is 16. The number of nitrogens with zero attached hydrogens (tertiary/aromatic N) is 3. The van der Waals surface area contributed by atoms with Crippen LogP contribution < -0.4 is 0 Å². The van der Waals surface area contributed by atoms with E-state index in [0.29, 0.717) is 31.0 Å². The van der Waals surface area contributed by atoms with Crippen molar-refractivity contribution in [1.29, 1.82) is 0 Å². The van der Waals surface area contributed by atoms with Crippen LogP contribution >= 0.6 is 0 Å². The molecule has 0 saturated carbocycles. The molecule has 0 aliphatic carbocycles. The minimum Gasteiger partial charge on any atom is -0.467 e. The molecule has 2 aromatic carbocycles. The van der Waals surface area contributed by atoms with Crippen LogP contribution in [0.5, 0.6) is 0 Å². The Kier molecular flexibility index (Phi) is 12.5. The molecule has 41 heavy (non-hydrogen) atoms. The van der Waals surface area contributed by atoms with Crippen molar-refractivity contribution in [2.75, 3.05) is 45.9 Å². The van der Waals surface area contributed by atoms with Gasteiger partial charge in [-0.2, -0.15) is 0 Å². The van der Waals surface area contributed by atoms with E-state index in [1.807, 2.05) is 54.6 Å². The molecule has 7 heteroatoms. The summed E-state index contributed by atoms with van der Waals surface area (Å²) in [6.45, 7) is 7.72. The van der Waals surface area contributed by atoms with Gasteiger partial charge in [0.15, 0.2) is 0 Å². The van der Waals surface area contributed by atoms with Crippen molar-refractivity contribution in [1.82, 2.24) is 14.7 Å². The first kappa shape index (κ1) is 30.5. The predicted molar refractivity (Wildman–Crippen MR) is 161 cm³/mol. The predicted octanol–water partition coefficient (Wildman–Crippen LogP) is 5.80. The Morgan fingerprint density at radius 1 is 0.805 bits per heavy atom. The third kappa shape index (κ3) is 10.2. The topological polar surface area (TPSA) is 66.2 Å². The molecule has 2 heterocycles. The van der Waals surface area contributed by atoms with Gasteiger partial charge >= 0.3 is 0 Å². The highest BCUT2D eigenvalue weighted by Crippen LogP contribution is 2.15. The lowest BCUT2D eigenvalue weighted by Crippen LogP contribution is -2.44. The summed E-state index contributed by atoms with van der Waals surface area (Å²) >= 11 is 0. The summed E-state index contributed by atoms with van der Waals surface area (Å²) in [6.07, 6.45) is 8.31. The van der Waals surface area contributed by atoms with Crippen LogP contribution in [0.3, 0.4) is 0 Å². The molecule has 1 saturated heterocycles. The zero-order valence-corrected chi connectivity index (χ0v) is 24.5. The van der Waals surface area contributed by atoms with Crippen LogP contribution in [0.4, 0.5) is 0 Å². The van der Waals surface area contributed by atoms with Crippen LogP contribution in [-0.2, 0) is 29.0 Å². The minimum absolute atomic E-state index is 0.0221. The second kappa shape index (κ2) is 16.7. The summed E-state index contributed by atoms with van der Waals surface area (Å²) in [6, 6.07) is 21.6. The Labute approximate surface area is 245 Å². The van der Waals surface area contributed by atoms with E-state index in [-0.39, 0.29) is 18.4 Å². The molecule has 1 aromatic heterocycles. The van der Waals surface area contributed by atoms with E-state index >= 15 is 0 Å². The van der Waals surface area contributed by atoms with Crippen LogP contribution in [0.1, 0.15) is 66.3 Å². The molecular formula is C34H45N3O4. The van der Waals surface area contributed by atoms with Crippen molar-refractivity contribution < 1.29 is 18.7 Å². The number of ether oxygens (including phenoxy) is 1. The van der Waals surface area contributed by atoms with Gasteiger partial charge in [0.2, 0.25) is 5.91 Å². The first-order chi connectivity index (χ1) is 20.1. The second-order valence-corrected chi connectivity index (χ2v) is 10.9. The Balaban J connectivity index is 1.45. The highest BCUT2D eigenvalue weighted by atomic mass is 16.5. The maximum Gasteiger partial charge on any atom is 0.254 e. The summed E-state index contributed by atoms with van der Waals surface area (Å²) in [7, 11) is 0. The zero-order chi connectivity index (χ0) is 28.7. The van der Waals surface area contributed by atoms with E-state index in [9.17, 15) is 9.59 Å². The van der Waals surface area contributed by atoms with Gasteiger partial charge in [-0.1, -0.05) is 68.7 Å². The van der Waals surface area contributed by atoms with Crippen molar-refractivity contribution in [3.8, 4) is 0 Å². The normalized spacial score (nSPS) is 13.7. The van der Waals surface area contributed by atoms with E-state index in [0.717, 1.165) is 57.7 Å². The van der Waals surface area contributed by atoms with E-state index in [4.69, 9.17) is 9.15 Å². The summed E-state index contributed by atoms with van der Waals surface area (Å²) in [4.78, 5) is 33.4. The first-order valence-electron chi connectivity index (χ1n) is 15.1. The average molecular weight is 560 g/mol. The van der Waals surface area contributed by atoms with Crippen LogP contribution in [0.2, 0.25) is 0 Å². The van der Waals surface area contributed by atoms with Crippen molar-refractivity contribution in [3.63, 3.8) is 0 Å². The zero-order valence-electron chi connectivity index (χ0n) is 24.5.